The van der Waals surface area contributed by atoms with Crippen LogP contribution in [0.5, 0.6) is 0 Å². The molecule has 8 fully saturated rings. The highest BCUT2D eigenvalue weighted by Gasteiger charge is 2.41. The standard InChI is InChI=1S/C12H21F3N2O3.2C12H19N3O2.C11H23N3O.2C11H22N2O2.C10H17F3N2O2.C10H20N2O2/c1-16-5-3-10(4-6-16)17(9-12(13,14)15)11(18)20-8-7-19-2;1-10(16)15(9-12-13-5-8-17-12)11-3-6-14(2)7-4-11;1-10(16)15(8-12-7-13-9-17-12)11-3-5-14(2)6-4-11;1-5-14(11(15)12(2)3)10-6-8-13(4)9-7-10;1-9(2)13(11(14)15-4)10-5-7-12(3)8-6-10;1-4-13(11(14)15-5-2)10-6-8-12(3)9-7-10;1-14-5-3-8(4-6-14)15(9(16)17-2)7-10(11,12)13;1-4-12(10(13)14-3)9-5-7-11(2)8-6-9/h10H,3-9H2,1-2H3;5,8,11H,3-4,6-7,9H2,1-2H3;7,9,11H,3-6,8H2,1-2H3;10H,5-9H2,1-4H3;9-10H,5-8H2,1-4H3;10H,4-9H2,1-3H3;8H,3-7H2,1-2H3;9H,4-8H2,1-3H3. The summed E-state index contributed by atoms with van der Waals surface area (Å²) in [5.74, 6) is 1.56. The second-order valence-corrected chi connectivity index (χ2v) is 35.2. The Labute approximate surface area is 771 Å². The molecule has 9 amide bonds. The van der Waals surface area contributed by atoms with Crippen LogP contribution in [-0.4, -0.2) is 464 Å². The van der Waals surface area contributed by atoms with Gasteiger partial charge in [-0.05, 0) is 305 Å². The fourth-order valence-electron chi connectivity index (χ4n) is 17.0. The van der Waals surface area contributed by atoms with E-state index >= 15 is 0 Å². The van der Waals surface area contributed by atoms with Gasteiger partial charge in [0.05, 0.1) is 60.0 Å². The van der Waals surface area contributed by atoms with Crippen molar-refractivity contribution in [1.29, 1.82) is 0 Å². The van der Waals surface area contributed by atoms with E-state index in [0.29, 0.717) is 114 Å². The van der Waals surface area contributed by atoms with Crippen LogP contribution in [0.4, 0.5) is 55.1 Å². The van der Waals surface area contributed by atoms with E-state index in [1.165, 1.54) is 27.7 Å². The Kier molecular flexibility index (Phi) is 55.4. The Morgan fingerprint density at radius 1 is 0.408 bits per heavy atom. The van der Waals surface area contributed by atoms with Crippen LogP contribution in [0.15, 0.2) is 33.9 Å². The number of ether oxygens (including phenoxy) is 6. The molecule has 0 N–H and O–H groups in total. The quantitative estimate of drug-likeness (QED) is 0.0601. The van der Waals surface area contributed by atoms with Crippen molar-refractivity contribution in [2.75, 3.05) is 256 Å². The van der Waals surface area contributed by atoms with E-state index in [0.717, 1.165) is 198 Å². The van der Waals surface area contributed by atoms with E-state index in [9.17, 15) is 64.7 Å². The molecule has 0 saturated carbocycles. The zero-order valence-corrected chi connectivity index (χ0v) is 82.5. The second-order valence-electron chi connectivity index (χ2n) is 35.2. The van der Waals surface area contributed by atoms with E-state index in [-0.39, 0.29) is 61.4 Å². The van der Waals surface area contributed by atoms with Crippen LogP contribution in [0.25, 0.3) is 0 Å². The number of oxazole rings is 2. The third kappa shape index (κ3) is 44.4. The molecule has 0 unspecified atom stereocenters. The fraction of sp³-hybridized carbons (Fsp3) is 0.843. The number of aromatic nitrogens is 2. The molecule has 0 atom stereocenters. The molecule has 10 heterocycles. The number of urea groups is 1. The summed E-state index contributed by atoms with van der Waals surface area (Å²) in [6.45, 7) is 32.1. The molecule has 8 saturated heterocycles. The van der Waals surface area contributed by atoms with Crippen molar-refractivity contribution in [3.05, 3.63) is 36.7 Å². The van der Waals surface area contributed by atoms with Crippen LogP contribution in [0.1, 0.15) is 170 Å². The van der Waals surface area contributed by atoms with Gasteiger partial charge in [0.15, 0.2) is 6.39 Å². The summed E-state index contributed by atoms with van der Waals surface area (Å²) in [6, 6.07) is 1.69. The Morgan fingerprint density at radius 2 is 0.708 bits per heavy atom. The molecule has 35 nitrogen and oxygen atoms in total. The van der Waals surface area contributed by atoms with E-state index in [2.05, 4.69) is 93.3 Å². The molecular formula is C89H163F6N19O16. The maximum atomic E-state index is 12.6. The van der Waals surface area contributed by atoms with Crippen LogP contribution in [-0.2, 0) is 51.1 Å². The summed E-state index contributed by atoms with van der Waals surface area (Å²) < 4.78 is 114. The molecule has 130 heavy (non-hydrogen) atoms. The van der Waals surface area contributed by atoms with Crippen molar-refractivity contribution in [1.82, 2.24) is 93.3 Å². The van der Waals surface area contributed by atoms with E-state index in [1.54, 1.807) is 37.4 Å². The maximum Gasteiger partial charge on any atom is 0.410 e. The van der Waals surface area contributed by atoms with Gasteiger partial charge in [-0.25, -0.2) is 38.7 Å². The minimum Gasteiger partial charge on any atom is -0.453 e. The molecule has 0 spiro atoms. The molecule has 0 radical (unpaired) electrons. The lowest BCUT2D eigenvalue weighted by atomic mass is 10.0. The summed E-state index contributed by atoms with van der Waals surface area (Å²) in [7, 11) is 25.6. The summed E-state index contributed by atoms with van der Waals surface area (Å²) in [5.41, 5.74) is 0. The first kappa shape index (κ1) is 116. The lowest BCUT2D eigenvalue weighted by Crippen LogP contribution is -2.50. The zero-order chi connectivity index (χ0) is 97.4. The first-order valence-electron chi connectivity index (χ1n) is 46.3. The van der Waals surface area contributed by atoms with Crippen molar-refractivity contribution in [3.63, 3.8) is 0 Å². The van der Waals surface area contributed by atoms with Crippen molar-refractivity contribution in [2.45, 2.75) is 238 Å². The number of likely N-dealkylation sites (tertiary alicyclic amines) is 8. The molecule has 10 rings (SSSR count). The van der Waals surface area contributed by atoms with Gasteiger partial charge in [0, 0.05) is 109 Å². The lowest BCUT2D eigenvalue weighted by molar-refractivity contribution is -0.149. The molecule has 41 heteroatoms. The first-order valence-corrected chi connectivity index (χ1v) is 46.3. The zero-order valence-electron chi connectivity index (χ0n) is 82.5. The molecule has 2 aromatic heterocycles. The lowest BCUT2D eigenvalue weighted by Gasteiger charge is -2.38. The van der Waals surface area contributed by atoms with Gasteiger partial charge in [-0.15, -0.1) is 0 Å². The van der Waals surface area contributed by atoms with Gasteiger partial charge in [-0.3, -0.25) is 19.4 Å². The third-order valence-corrected chi connectivity index (χ3v) is 24.8. The van der Waals surface area contributed by atoms with Gasteiger partial charge in [-0.1, -0.05) is 0 Å². The summed E-state index contributed by atoms with van der Waals surface area (Å²) >= 11 is 0. The molecule has 8 aliphatic rings. The summed E-state index contributed by atoms with van der Waals surface area (Å²) in [4.78, 5) is 134. The monoisotopic (exact) mass is 1870 g/mol. The van der Waals surface area contributed by atoms with Gasteiger partial charge >= 0.3 is 48.8 Å². The Bertz CT molecular complexity index is 3320. The fourth-order valence-corrected chi connectivity index (χ4v) is 17.0. The van der Waals surface area contributed by atoms with Crippen molar-refractivity contribution in [3.8, 4) is 0 Å². The van der Waals surface area contributed by atoms with E-state index in [1.807, 2.05) is 102 Å². The molecular weight excluding hydrogens is 1710 g/mol. The van der Waals surface area contributed by atoms with Gasteiger partial charge in [-0.2, -0.15) is 26.3 Å². The van der Waals surface area contributed by atoms with Gasteiger partial charge in [0.2, 0.25) is 17.7 Å². The van der Waals surface area contributed by atoms with Gasteiger partial charge < -0.3 is 111 Å². The largest absolute Gasteiger partial charge is 0.453 e. The Morgan fingerprint density at radius 3 is 0.985 bits per heavy atom. The van der Waals surface area contributed by atoms with E-state index in [4.69, 9.17) is 32.5 Å². The number of rotatable bonds is 22. The molecule has 0 bridgehead atoms. The average molecular weight is 1870 g/mol. The molecule has 0 aliphatic carbocycles. The highest BCUT2D eigenvalue weighted by molar-refractivity contribution is 5.75. The second kappa shape index (κ2) is 61.9. The number of halogens is 6. The predicted molar refractivity (Wildman–Crippen MR) is 486 cm³/mol. The number of hydrogen-bond donors (Lipinski definition) is 0. The SMILES string of the molecule is CC(=O)N(Cc1cnco1)C1CCN(C)CC1.CC(=O)N(Cc1ncco1)C1CCN(C)CC1.CCN(C(=O)N(C)C)C1CCN(C)CC1.CCN(C(=O)OC)C1CCN(C)CC1.CCOC(=O)N(CC)C1CCN(C)CC1.COC(=O)N(C(C)C)C1CCN(C)CC1.COC(=O)N(CC(F)(F)F)C1CCN(C)CC1.COCCOC(=O)N(CC(F)(F)F)C1CCN(C)CC1. The van der Waals surface area contributed by atoms with Gasteiger partial charge in [0.25, 0.3) is 0 Å². The maximum absolute atomic E-state index is 12.6. The number of carbonyl (C=O) groups is 8. The van der Waals surface area contributed by atoms with E-state index < -0.39 is 43.7 Å². The summed E-state index contributed by atoms with van der Waals surface area (Å²) in [6.07, 6.45) is 9.80. The number of hydrogen-bond acceptors (Lipinski definition) is 26. The minimum atomic E-state index is -4.43. The highest BCUT2D eigenvalue weighted by Crippen LogP contribution is 2.28. The highest BCUT2D eigenvalue weighted by atomic mass is 19.4. The van der Waals surface area contributed by atoms with Crippen LogP contribution >= 0.6 is 0 Å². The topological polar surface area (TPSA) is 299 Å². The smallest absolute Gasteiger partial charge is 0.410 e. The van der Waals surface area contributed by atoms with Crippen molar-refractivity contribution < 1.29 is 102 Å². The molecule has 8 aliphatic heterocycles. The number of alkyl halides is 6. The van der Waals surface area contributed by atoms with Crippen LogP contribution in [0.3, 0.4) is 0 Å². The predicted octanol–water partition coefficient (Wildman–Crippen LogP) is 11.0. The Balaban J connectivity index is 0.000000384. The van der Waals surface area contributed by atoms with Gasteiger partial charge in [0.1, 0.15) is 31.7 Å². The molecule has 752 valence electrons. The Hall–Kier alpha value is -7.80. The number of carbonyl (C=O) groups excluding carboxylic acids is 8. The third-order valence-electron chi connectivity index (χ3n) is 24.8. The van der Waals surface area contributed by atoms with Crippen molar-refractivity contribution >= 4 is 48.3 Å². The first-order chi connectivity index (χ1) is 61.5. The van der Waals surface area contributed by atoms with Crippen LogP contribution < -0.4 is 0 Å². The molecule has 2 aromatic rings. The van der Waals surface area contributed by atoms with Crippen LogP contribution in [0.2, 0.25) is 0 Å². The summed E-state index contributed by atoms with van der Waals surface area (Å²) in [5, 5.41) is 0. The number of methoxy groups -OCH3 is 4. The van der Waals surface area contributed by atoms with Crippen molar-refractivity contribution in [2.24, 2.45) is 0 Å². The number of piperidine rings is 8. The minimum absolute atomic E-state index is 0.0453. The average Bonchev–Trinajstić information content (AvgIpc) is 1.37. The number of nitrogens with zero attached hydrogens (tertiary/aromatic N) is 19. The number of amides is 9. The normalized spacial score (nSPS) is 18.7. The molecule has 0 aromatic carbocycles. The van der Waals surface area contributed by atoms with Crippen LogP contribution in [0, 0.1) is 0 Å².